The Bertz CT molecular complexity index is 942. The smallest absolute Gasteiger partial charge is 0.223 e. The molecule has 4 heteroatoms. The summed E-state index contributed by atoms with van der Waals surface area (Å²) in [6, 6.07) is 28.2. The lowest BCUT2D eigenvalue weighted by molar-refractivity contribution is -0.132. The number of carbonyl (C=O) groups excluding carboxylic acids is 1. The number of hydrogen-bond donors (Lipinski definition) is 1. The Labute approximate surface area is 171 Å². The Morgan fingerprint density at radius 3 is 2.10 bits per heavy atom. The topological polar surface area (TPSA) is 55.6 Å². The molecule has 1 aliphatic rings. The van der Waals surface area contributed by atoms with Crippen molar-refractivity contribution in [2.75, 3.05) is 6.54 Å². The van der Waals surface area contributed by atoms with Crippen LogP contribution in [0.3, 0.4) is 0 Å². The number of nitrogens with two attached hydrogens (primary N) is 1. The van der Waals surface area contributed by atoms with E-state index in [-0.39, 0.29) is 5.91 Å². The van der Waals surface area contributed by atoms with Gasteiger partial charge in [0, 0.05) is 19.5 Å². The van der Waals surface area contributed by atoms with E-state index in [0.29, 0.717) is 26.1 Å². The van der Waals surface area contributed by atoms with Crippen LogP contribution < -0.4 is 10.5 Å². The van der Waals surface area contributed by atoms with E-state index in [4.69, 9.17) is 10.5 Å². The third-order valence-electron chi connectivity index (χ3n) is 5.73. The normalized spacial score (nSPS) is 18.8. The van der Waals surface area contributed by atoms with Crippen LogP contribution in [-0.2, 0) is 23.5 Å². The summed E-state index contributed by atoms with van der Waals surface area (Å²) in [5, 5.41) is 0. The zero-order valence-electron chi connectivity index (χ0n) is 16.5. The van der Waals surface area contributed by atoms with Crippen LogP contribution in [0.15, 0.2) is 84.9 Å². The second-order valence-corrected chi connectivity index (χ2v) is 7.50. The number of rotatable bonds is 7. The van der Waals surface area contributed by atoms with Gasteiger partial charge >= 0.3 is 0 Å². The van der Waals surface area contributed by atoms with E-state index < -0.39 is 5.54 Å². The number of nitrogens with zero attached hydrogens (tertiary/aromatic N) is 1. The lowest BCUT2D eigenvalue weighted by atomic mass is 9.87. The molecule has 0 spiro atoms. The van der Waals surface area contributed by atoms with E-state index in [1.807, 2.05) is 89.8 Å². The molecule has 2 N–H and O–H groups in total. The van der Waals surface area contributed by atoms with Gasteiger partial charge in [0.1, 0.15) is 12.4 Å². The largest absolute Gasteiger partial charge is 0.489 e. The lowest BCUT2D eigenvalue weighted by Gasteiger charge is -2.38. The number of hydrogen-bond acceptors (Lipinski definition) is 3. The van der Waals surface area contributed by atoms with Gasteiger partial charge in [0.15, 0.2) is 0 Å². The van der Waals surface area contributed by atoms with E-state index in [9.17, 15) is 4.79 Å². The third-order valence-corrected chi connectivity index (χ3v) is 5.73. The molecule has 1 atom stereocenters. The van der Waals surface area contributed by atoms with Crippen LogP contribution >= 0.6 is 0 Å². The van der Waals surface area contributed by atoms with Gasteiger partial charge in [0.05, 0.1) is 5.54 Å². The average Bonchev–Trinajstić information content (AvgIpc) is 3.10. The Kier molecular flexibility index (Phi) is 5.63. The van der Waals surface area contributed by atoms with Crippen molar-refractivity contribution in [3.8, 4) is 5.75 Å². The summed E-state index contributed by atoms with van der Waals surface area (Å²) >= 11 is 0. The zero-order valence-corrected chi connectivity index (χ0v) is 16.5. The monoisotopic (exact) mass is 386 g/mol. The van der Waals surface area contributed by atoms with Crippen LogP contribution in [0.1, 0.15) is 29.5 Å². The number of likely N-dealkylation sites (tertiary alicyclic amines) is 1. The first-order valence-electron chi connectivity index (χ1n) is 10.0. The predicted octanol–water partition coefficient (Wildman–Crippen LogP) is 4.24. The zero-order chi connectivity index (χ0) is 20.1. The minimum Gasteiger partial charge on any atom is -0.489 e. The van der Waals surface area contributed by atoms with Crippen LogP contribution in [0, 0.1) is 0 Å². The summed E-state index contributed by atoms with van der Waals surface area (Å²) in [6.07, 6.45) is 1.26. The van der Waals surface area contributed by atoms with Crippen LogP contribution in [-0.4, -0.2) is 17.4 Å². The van der Waals surface area contributed by atoms with Gasteiger partial charge in [-0.15, -0.1) is 0 Å². The molecule has 0 saturated carbocycles. The maximum Gasteiger partial charge on any atom is 0.223 e. The van der Waals surface area contributed by atoms with Crippen molar-refractivity contribution in [3.05, 3.63) is 102 Å². The predicted molar refractivity (Wildman–Crippen MR) is 114 cm³/mol. The highest BCUT2D eigenvalue weighted by Crippen LogP contribution is 2.40. The molecular weight excluding hydrogens is 360 g/mol. The Morgan fingerprint density at radius 1 is 0.862 bits per heavy atom. The second kappa shape index (κ2) is 8.50. The molecule has 0 aromatic heterocycles. The average molecular weight is 386 g/mol. The fourth-order valence-electron chi connectivity index (χ4n) is 4.06. The number of benzene rings is 3. The van der Waals surface area contributed by atoms with Gasteiger partial charge < -0.3 is 15.4 Å². The van der Waals surface area contributed by atoms with Gasteiger partial charge in [0.2, 0.25) is 5.91 Å². The molecule has 3 aromatic rings. The van der Waals surface area contributed by atoms with Crippen molar-refractivity contribution in [1.82, 2.24) is 4.90 Å². The molecule has 1 unspecified atom stereocenters. The van der Waals surface area contributed by atoms with Gasteiger partial charge in [0.25, 0.3) is 0 Å². The summed E-state index contributed by atoms with van der Waals surface area (Å²) in [6.45, 7) is 1.50. The molecule has 1 heterocycles. The Morgan fingerprint density at radius 2 is 1.48 bits per heavy atom. The molecule has 3 aromatic carbocycles. The fraction of sp³-hybridized carbons (Fsp3) is 0.240. The van der Waals surface area contributed by atoms with Gasteiger partial charge in [-0.05, 0) is 35.2 Å². The van der Waals surface area contributed by atoms with E-state index in [0.717, 1.165) is 28.9 Å². The van der Waals surface area contributed by atoms with Gasteiger partial charge in [-0.25, -0.2) is 0 Å². The van der Waals surface area contributed by atoms with Crippen molar-refractivity contribution in [3.63, 3.8) is 0 Å². The fourth-order valence-corrected chi connectivity index (χ4v) is 4.06. The first-order valence-corrected chi connectivity index (χ1v) is 10.0. The molecule has 1 amide bonds. The number of amides is 1. The quantitative estimate of drug-likeness (QED) is 0.661. The van der Waals surface area contributed by atoms with Crippen molar-refractivity contribution in [2.45, 2.75) is 31.5 Å². The summed E-state index contributed by atoms with van der Waals surface area (Å²) in [7, 11) is 0. The van der Waals surface area contributed by atoms with Crippen LogP contribution in [0.25, 0.3) is 0 Å². The molecule has 4 rings (SSSR count). The van der Waals surface area contributed by atoms with E-state index in [1.165, 1.54) is 0 Å². The molecule has 1 saturated heterocycles. The van der Waals surface area contributed by atoms with E-state index in [2.05, 4.69) is 0 Å². The molecule has 148 valence electrons. The summed E-state index contributed by atoms with van der Waals surface area (Å²) in [5.41, 5.74) is 9.10. The molecule has 29 heavy (non-hydrogen) atoms. The van der Waals surface area contributed by atoms with E-state index in [1.54, 1.807) is 0 Å². The number of carbonyl (C=O) groups is 1. The molecule has 0 bridgehead atoms. The second-order valence-electron chi connectivity index (χ2n) is 7.50. The van der Waals surface area contributed by atoms with Crippen molar-refractivity contribution < 1.29 is 9.53 Å². The van der Waals surface area contributed by atoms with Gasteiger partial charge in [-0.2, -0.15) is 0 Å². The molecule has 4 nitrogen and oxygen atoms in total. The molecule has 0 aliphatic carbocycles. The summed E-state index contributed by atoms with van der Waals surface area (Å²) < 4.78 is 5.91. The molecule has 1 aliphatic heterocycles. The first kappa shape index (κ1) is 19.2. The summed E-state index contributed by atoms with van der Waals surface area (Å²) in [4.78, 5) is 14.6. The minimum atomic E-state index is -0.467. The molecule has 1 fully saturated rings. The standard InChI is InChI=1S/C25H26N2O2/c26-19-25(16-15-24(28)27(25)17-20-7-3-1-4-8-20)22-11-13-23(14-12-22)29-18-21-9-5-2-6-10-21/h1-14H,15-19,26H2. The van der Waals surface area contributed by atoms with Crippen molar-refractivity contribution >= 4 is 5.91 Å². The van der Waals surface area contributed by atoms with Crippen LogP contribution in [0.4, 0.5) is 0 Å². The third kappa shape index (κ3) is 4.03. The maximum atomic E-state index is 12.7. The maximum absolute atomic E-state index is 12.7. The van der Waals surface area contributed by atoms with Crippen molar-refractivity contribution in [2.24, 2.45) is 5.73 Å². The van der Waals surface area contributed by atoms with Gasteiger partial charge in [-0.3, -0.25) is 4.79 Å². The highest BCUT2D eigenvalue weighted by atomic mass is 16.5. The van der Waals surface area contributed by atoms with E-state index >= 15 is 0 Å². The van der Waals surface area contributed by atoms with Crippen LogP contribution in [0.2, 0.25) is 0 Å². The first-order chi connectivity index (χ1) is 14.2. The molecular formula is C25H26N2O2. The minimum absolute atomic E-state index is 0.156. The highest BCUT2D eigenvalue weighted by molar-refractivity contribution is 5.80. The Balaban J connectivity index is 1.53. The number of ether oxygens (including phenoxy) is 1. The summed E-state index contributed by atoms with van der Waals surface area (Å²) in [5.74, 6) is 0.965. The highest BCUT2D eigenvalue weighted by Gasteiger charge is 2.45. The van der Waals surface area contributed by atoms with Crippen LogP contribution in [0.5, 0.6) is 5.75 Å². The lowest BCUT2D eigenvalue weighted by Crippen LogP contribution is -2.48. The van der Waals surface area contributed by atoms with Gasteiger partial charge in [-0.1, -0.05) is 72.8 Å². The molecule has 0 radical (unpaired) electrons. The SMILES string of the molecule is NCC1(c2ccc(OCc3ccccc3)cc2)CCC(=O)N1Cc1ccccc1. The Hall–Kier alpha value is -3.11. The van der Waals surface area contributed by atoms with Crippen molar-refractivity contribution in [1.29, 1.82) is 0 Å².